The average molecular weight is 994 g/mol. The molecule has 0 radical (unpaired) electrons. The lowest BCUT2D eigenvalue weighted by molar-refractivity contribution is -0.145. The number of carbonyl (C=O) groups excluding carboxylic acids is 3. The average Bonchev–Trinajstić information content (AvgIpc) is 3.79. The van der Waals surface area contributed by atoms with Gasteiger partial charge in [-0.05, 0) is 76.8 Å². The monoisotopic (exact) mass is 993 g/mol. The van der Waals surface area contributed by atoms with Gasteiger partial charge in [0.2, 0.25) is 21.8 Å². The summed E-state index contributed by atoms with van der Waals surface area (Å²) in [5.74, 6) is -1.08. The number of thioether (sulfide) groups is 1. The number of sulfonamides is 1. The maximum absolute atomic E-state index is 15.1. The zero-order chi connectivity index (χ0) is 48.2. The molecule has 0 spiro atoms. The Morgan fingerprint density at radius 2 is 1.82 bits per heavy atom. The SMILES string of the molecule is COc1ccc2c(O[C@@H]3C[C@H]4C(=O)N[C@]5(C(=O)O)CC5/C=C\CCCCC[C@H](NC(=O)OC(CN(C)S(=O)(=O)C5=CCCS5)C5CCCCC5)C(=O)N4C3)cc(-c3csc(NC(C)C)n3)nc2c1. The molecule has 5 aliphatic rings. The quantitative estimate of drug-likeness (QED) is 0.117. The summed E-state index contributed by atoms with van der Waals surface area (Å²) in [5, 5.41) is 22.7. The van der Waals surface area contributed by atoms with E-state index in [0.29, 0.717) is 63.0 Å². The lowest BCUT2D eigenvalue weighted by Gasteiger charge is -2.33. The second-order valence-electron chi connectivity index (χ2n) is 18.8. The number of ether oxygens (including phenoxy) is 3. The lowest BCUT2D eigenvalue weighted by atomic mass is 9.85. The smallest absolute Gasteiger partial charge is 0.408 e. The molecule has 368 valence electrons. The fraction of sp³-hybridized carbons (Fsp3) is 0.583. The first kappa shape index (κ1) is 49.5. The Morgan fingerprint density at radius 1 is 1.04 bits per heavy atom. The van der Waals surface area contributed by atoms with Crippen LogP contribution in [0.3, 0.4) is 0 Å². The van der Waals surface area contributed by atoms with E-state index in [-0.39, 0.29) is 44.3 Å². The number of allylic oxidation sites excluding steroid dienone is 2. The van der Waals surface area contributed by atoms with Crippen LogP contribution in [0.15, 0.2) is 52.1 Å². The molecule has 1 saturated heterocycles. The van der Waals surface area contributed by atoms with Gasteiger partial charge >= 0.3 is 12.1 Å². The van der Waals surface area contributed by atoms with Gasteiger partial charge in [0.25, 0.3) is 0 Å². The number of benzene rings is 1. The number of carboxylic acid groups (broad SMARTS) is 1. The molecule has 17 nitrogen and oxygen atoms in total. The van der Waals surface area contributed by atoms with E-state index in [2.05, 4.69) is 16.0 Å². The standard InChI is InChI=1S/C48H63N7O10S3/c1-29(2)49-46-51-38(28-67-46)37-24-40(34-20-19-32(63-4)22-36(34)50-37)64-33-23-39-43(56)53-48(45(58)59)25-31(48)16-11-6-5-7-12-17-35(44(57)55(39)26-33)52-47(60)65-41(30-14-9-8-10-15-30)27-54(3)68(61,62)42-18-13-21-66-42/h11,16,18-20,22,24,28-31,33,35,39,41H,5-10,12-15,17,21,23,25-27H2,1-4H3,(H,49,51)(H,52,60)(H,53,56)(H,58,59)/b16-11-/t31?,33-,35+,39+,41?,48-/m1/s1. The van der Waals surface area contributed by atoms with Gasteiger partial charge in [0, 0.05) is 54.1 Å². The van der Waals surface area contributed by atoms with Gasteiger partial charge < -0.3 is 40.2 Å². The Kier molecular flexibility index (Phi) is 15.6. The van der Waals surface area contributed by atoms with E-state index >= 15 is 4.79 Å². The van der Waals surface area contributed by atoms with Crippen LogP contribution in [-0.2, 0) is 29.1 Å². The first-order valence-corrected chi connectivity index (χ1v) is 27.1. The predicted molar refractivity (Wildman–Crippen MR) is 262 cm³/mol. The Bertz CT molecular complexity index is 2530. The zero-order valence-electron chi connectivity index (χ0n) is 39.1. The number of aromatic nitrogens is 2. The number of nitrogens with zero attached hydrogens (tertiary/aromatic N) is 4. The van der Waals surface area contributed by atoms with Crippen molar-refractivity contribution in [2.75, 3.05) is 38.3 Å². The van der Waals surface area contributed by atoms with Gasteiger partial charge in [-0.1, -0.05) is 50.3 Å². The summed E-state index contributed by atoms with van der Waals surface area (Å²) < 4.78 is 47.1. The van der Waals surface area contributed by atoms with Gasteiger partial charge in [-0.25, -0.2) is 28.0 Å². The van der Waals surface area contributed by atoms with Crippen molar-refractivity contribution in [2.45, 2.75) is 133 Å². The van der Waals surface area contributed by atoms with Crippen LogP contribution < -0.4 is 25.4 Å². The molecule has 4 N–H and O–H groups in total. The number of carbonyl (C=O) groups is 4. The number of anilines is 1. The molecule has 6 atom stereocenters. The molecule has 0 bridgehead atoms. The molecule has 1 aromatic carbocycles. The van der Waals surface area contributed by atoms with Crippen LogP contribution in [0.2, 0.25) is 0 Å². The number of methoxy groups -OCH3 is 1. The van der Waals surface area contributed by atoms with Crippen LogP contribution >= 0.6 is 23.1 Å². The van der Waals surface area contributed by atoms with Crippen molar-refractivity contribution in [3.8, 4) is 22.9 Å². The summed E-state index contributed by atoms with van der Waals surface area (Å²) in [7, 11) is -0.708. The van der Waals surface area contributed by atoms with E-state index in [1.807, 2.05) is 37.4 Å². The molecular formula is C48H63N7O10S3. The Labute approximate surface area is 406 Å². The van der Waals surface area contributed by atoms with E-state index in [4.69, 9.17) is 24.2 Å². The molecule has 2 aromatic heterocycles. The van der Waals surface area contributed by atoms with Crippen molar-refractivity contribution >= 4 is 73.0 Å². The third-order valence-corrected chi connectivity index (χ3v) is 17.9. The van der Waals surface area contributed by atoms with Crippen LogP contribution in [0.5, 0.6) is 11.5 Å². The first-order valence-electron chi connectivity index (χ1n) is 23.8. The molecule has 3 fully saturated rings. The second kappa shape index (κ2) is 21.4. The van der Waals surface area contributed by atoms with Crippen molar-refractivity contribution in [1.29, 1.82) is 0 Å². The van der Waals surface area contributed by atoms with Crippen molar-refractivity contribution in [2.24, 2.45) is 11.8 Å². The number of amides is 3. The van der Waals surface area contributed by atoms with Crippen molar-refractivity contribution < 1.29 is 46.9 Å². The van der Waals surface area contributed by atoms with E-state index < -0.39 is 69.6 Å². The number of pyridine rings is 1. The van der Waals surface area contributed by atoms with Crippen molar-refractivity contribution in [1.82, 2.24) is 29.8 Å². The number of likely N-dealkylation sites (N-methyl/N-ethyl adjacent to an activating group) is 1. The molecule has 3 aliphatic heterocycles. The number of carboxylic acids is 1. The third kappa shape index (κ3) is 11.2. The van der Waals surface area contributed by atoms with Crippen LogP contribution in [0.25, 0.3) is 22.3 Å². The molecule has 2 aliphatic carbocycles. The number of hydrogen-bond donors (Lipinski definition) is 4. The summed E-state index contributed by atoms with van der Waals surface area (Å²) in [6, 6.07) is 5.11. The minimum Gasteiger partial charge on any atom is -0.497 e. The summed E-state index contributed by atoms with van der Waals surface area (Å²) in [6.07, 6.45) is 11.5. The Balaban J connectivity index is 1.08. The highest BCUT2D eigenvalue weighted by Crippen LogP contribution is 2.46. The molecule has 20 heteroatoms. The van der Waals surface area contributed by atoms with Crippen molar-refractivity contribution in [3.63, 3.8) is 0 Å². The molecule has 8 rings (SSSR count). The maximum atomic E-state index is 15.1. The fourth-order valence-corrected chi connectivity index (χ4v) is 13.5. The maximum Gasteiger partial charge on any atom is 0.408 e. The number of fused-ring (bicyclic) bond motifs is 3. The van der Waals surface area contributed by atoms with E-state index in [1.165, 1.54) is 39.4 Å². The topological polar surface area (TPSA) is 219 Å². The molecule has 68 heavy (non-hydrogen) atoms. The van der Waals surface area contributed by atoms with Crippen molar-refractivity contribution in [3.05, 3.63) is 52.1 Å². The number of nitrogens with one attached hydrogen (secondary N) is 3. The van der Waals surface area contributed by atoms with Gasteiger partial charge in [0.15, 0.2) is 5.13 Å². The molecule has 5 heterocycles. The summed E-state index contributed by atoms with van der Waals surface area (Å²) in [6.45, 7) is 3.96. The number of aliphatic carboxylic acids is 1. The minimum atomic E-state index is -3.78. The number of thiazole rings is 1. The van der Waals surface area contributed by atoms with Gasteiger partial charge in [-0.3, -0.25) is 9.59 Å². The van der Waals surface area contributed by atoms with Crippen LogP contribution in [0, 0.1) is 11.8 Å². The highest BCUT2D eigenvalue weighted by atomic mass is 32.3. The first-order chi connectivity index (χ1) is 32.6. The van der Waals surface area contributed by atoms with Crippen LogP contribution in [0.4, 0.5) is 9.93 Å². The Morgan fingerprint density at radius 3 is 2.56 bits per heavy atom. The van der Waals surface area contributed by atoms with Gasteiger partial charge in [0.05, 0.1) is 31.4 Å². The van der Waals surface area contributed by atoms with E-state index in [9.17, 15) is 27.9 Å². The minimum absolute atomic E-state index is 0.0265. The highest BCUT2D eigenvalue weighted by molar-refractivity contribution is 8.18. The zero-order valence-corrected chi connectivity index (χ0v) is 41.6. The number of alkyl carbamates (subject to hydrolysis) is 1. The summed E-state index contributed by atoms with van der Waals surface area (Å²) in [5.41, 5.74) is 0.225. The Hall–Kier alpha value is -4.92. The molecule has 2 saturated carbocycles. The number of rotatable bonds is 14. The highest BCUT2D eigenvalue weighted by Gasteiger charge is 2.61. The van der Waals surface area contributed by atoms with Gasteiger partial charge in [-0.15, -0.1) is 23.1 Å². The number of hydrogen-bond acceptors (Lipinski definition) is 14. The van der Waals surface area contributed by atoms with Gasteiger partial charge in [-0.2, -0.15) is 4.31 Å². The predicted octanol–water partition coefficient (Wildman–Crippen LogP) is 7.30. The van der Waals surface area contributed by atoms with Crippen LogP contribution in [0.1, 0.15) is 97.3 Å². The molecular weight excluding hydrogens is 931 g/mol. The second-order valence-corrected chi connectivity index (χ2v) is 23.1. The molecule has 3 aromatic rings. The normalized spacial score (nSPS) is 25.9. The van der Waals surface area contributed by atoms with E-state index in [0.717, 1.165) is 50.1 Å². The largest absolute Gasteiger partial charge is 0.497 e. The van der Waals surface area contributed by atoms with Gasteiger partial charge in [0.1, 0.15) is 51.3 Å². The molecule has 2 unspecified atom stereocenters. The summed E-state index contributed by atoms with van der Waals surface area (Å²) in [4.78, 5) is 67.5. The van der Waals surface area contributed by atoms with E-state index in [1.54, 1.807) is 31.4 Å². The lowest BCUT2D eigenvalue weighted by Crippen LogP contribution is -2.56. The fourth-order valence-electron chi connectivity index (χ4n) is 9.75. The molecule has 3 amide bonds. The summed E-state index contributed by atoms with van der Waals surface area (Å²) >= 11 is 2.74. The third-order valence-electron chi connectivity index (χ3n) is 13.6. The van der Waals surface area contributed by atoms with Crippen LogP contribution in [-0.4, -0.2) is 125 Å².